The van der Waals surface area contributed by atoms with Crippen molar-refractivity contribution in [2.75, 3.05) is 42.3 Å². The van der Waals surface area contributed by atoms with Gasteiger partial charge in [-0.2, -0.15) is 0 Å². The van der Waals surface area contributed by atoms with Crippen LogP contribution in [0.25, 0.3) is 0 Å². The van der Waals surface area contributed by atoms with Crippen LogP contribution < -0.4 is 15.1 Å². The number of anilines is 3. The van der Waals surface area contributed by atoms with Gasteiger partial charge in [-0.3, -0.25) is 19.3 Å². The summed E-state index contributed by atoms with van der Waals surface area (Å²) in [7, 11) is 3.41. The van der Waals surface area contributed by atoms with E-state index in [9.17, 15) is 24.3 Å². The molecule has 2 unspecified atom stereocenters. The number of aryl methyl sites for hydroxylation is 1. The van der Waals surface area contributed by atoms with Gasteiger partial charge in [-0.05, 0) is 66.1 Å². The summed E-state index contributed by atoms with van der Waals surface area (Å²) in [5, 5.41) is 12.8. The molecule has 0 aliphatic carbocycles. The molecule has 45 heavy (non-hydrogen) atoms. The summed E-state index contributed by atoms with van der Waals surface area (Å²) in [6.45, 7) is 2.39. The first kappa shape index (κ1) is 31.0. The average Bonchev–Trinajstić information content (AvgIpc) is 3.51. The second-order valence-corrected chi connectivity index (χ2v) is 11.3. The molecule has 4 amide bonds. The summed E-state index contributed by atoms with van der Waals surface area (Å²) >= 11 is 0. The lowest BCUT2D eigenvalue weighted by Gasteiger charge is -2.21. The number of hydrogen-bond donors (Lipinski definition) is 2. The van der Waals surface area contributed by atoms with Crippen molar-refractivity contribution in [1.82, 2.24) is 4.90 Å². The lowest BCUT2D eigenvalue weighted by Crippen LogP contribution is -2.31. The second-order valence-electron chi connectivity index (χ2n) is 11.3. The number of hydrogen-bond acceptors (Lipinski definition) is 4. The molecule has 1 aliphatic heterocycles. The lowest BCUT2D eigenvalue weighted by atomic mass is 9.89. The molecule has 0 spiro atoms. The standard InChI is InChI=1S/C36H36N4O5/c1-24-9-7-8-12-32(24)39(3)36(45)37-28-17-13-25(14-18-28)21-33(41)38(2)29-19-15-26(16-20-29)30-22-40(23-31(30)35(43)44)34(42)27-10-5-4-6-11-27/h4-20,30-31H,21-23H2,1-3H3,(H,37,45)(H,43,44). The van der Waals surface area contributed by atoms with Gasteiger partial charge < -0.3 is 20.2 Å². The number of aliphatic carboxylic acids is 1. The number of carbonyl (C=O) groups is 4. The van der Waals surface area contributed by atoms with Crippen LogP contribution in [-0.2, 0) is 16.0 Å². The maximum absolute atomic E-state index is 13.1. The van der Waals surface area contributed by atoms with Crippen molar-refractivity contribution in [2.45, 2.75) is 19.3 Å². The van der Waals surface area contributed by atoms with Crippen molar-refractivity contribution in [3.8, 4) is 0 Å². The van der Waals surface area contributed by atoms with Gasteiger partial charge in [0.1, 0.15) is 0 Å². The largest absolute Gasteiger partial charge is 0.481 e. The molecule has 9 nitrogen and oxygen atoms in total. The average molecular weight is 605 g/mol. The number of carboxylic acids is 1. The van der Waals surface area contributed by atoms with Crippen LogP contribution >= 0.6 is 0 Å². The van der Waals surface area contributed by atoms with Crippen LogP contribution in [-0.4, -0.2) is 61.0 Å². The summed E-state index contributed by atoms with van der Waals surface area (Å²) in [6.07, 6.45) is 0.163. The Morgan fingerprint density at radius 1 is 0.800 bits per heavy atom. The molecule has 4 aromatic carbocycles. The smallest absolute Gasteiger partial charge is 0.326 e. The molecule has 2 N–H and O–H groups in total. The fourth-order valence-electron chi connectivity index (χ4n) is 5.67. The molecule has 9 heteroatoms. The number of carboxylic acid groups (broad SMARTS) is 1. The Labute approximate surface area is 262 Å². The number of carbonyl (C=O) groups excluding carboxylic acids is 3. The van der Waals surface area contributed by atoms with Crippen LogP contribution in [0.4, 0.5) is 21.9 Å². The van der Waals surface area contributed by atoms with Gasteiger partial charge in [0.25, 0.3) is 5.91 Å². The highest BCUT2D eigenvalue weighted by atomic mass is 16.4. The van der Waals surface area contributed by atoms with Crippen LogP contribution in [0.15, 0.2) is 103 Å². The SMILES string of the molecule is Cc1ccccc1N(C)C(=O)Nc1ccc(CC(=O)N(C)c2ccc(C3CN(C(=O)c4ccccc4)CC3C(=O)O)cc2)cc1. The molecule has 2 atom stereocenters. The van der Waals surface area contributed by atoms with E-state index in [1.165, 1.54) is 0 Å². The number of para-hydroxylation sites is 1. The van der Waals surface area contributed by atoms with Gasteiger partial charge in [-0.1, -0.05) is 60.7 Å². The number of benzene rings is 4. The van der Waals surface area contributed by atoms with Crippen molar-refractivity contribution < 1.29 is 24.3 Å². The van der Waals surface area contributed by atoms with E-state index in [1.807, 2.05) is 61.5 Å². The van der Waals surface area contributed by atoms with E-state index in [2.05, 4.69) is 5.32 Å². The molecule has 4 aromatic rings. The van der Waals surface area contributed by atoms with Crippen LogP contribution in [0.1, 0.15) is 33.0 Å². The molecule has 0 saturated carbocycles. The number of rotatable bonds is 8. The topological polar surface area (TPSA) is 110 Å². The number of nitrogens with one attached hydrogen (secondary N) is 1. The molecular formula is C36H36N4O5. The zero-order valence-corrected chi connectivity index (χ0v) is 25.5. The normalized spacial score (nSPS) is 15.8. The summed E-state index contributed by atoms with van der Waals surface area (Å²) in [6, 6.07) is 30.7. The zero-order valence-electron chi connectivity index (χ0n) is 25.5. The van der Waals surface area contributed by atoms with E-state index < -0.39 is 11.9 Å². The highest BCUT2D eigenvalue weighted by molar-refractivity contribution is 6.02. The minimum atomic E-state index is -0.941. The molecule has 1 saturated heterocycles. The predicted octanol–water partition coefficient (Wildman–Crippen LogP) is 5.81. The Morgan fingerprint density at radius 2 is 1.44 bits per heavy atom. The van der Waals surface area contributed by atoms with Gasteiger partial charge in [0, 0.05) is 55.7 Å². The summed E-state index contributed by atoms with van der Waals surface area (Å²) in [4.78, 5) is 55.7. The van der Waals surface area contributed by atoms with E-state index in [-0.39, 0.29) is 36.7 Å². The van der Waals surface area contributed by atoms with Gasteiger partial charge in [-0.25, -0.2) is 4.79 Å². The highest BCUT2D eigenvalue weighted by Crippen LogP contribution is 2.34. The van der Waals surface area contributed by atoms with Crippen molar-refractivity contribution >= 4 is 40.9 Å². The van der Waals surface area contributed by atoms with Gasteiger partial charge in [0.2, 0.25) is 5.91 Å². The highest BCUT2D eigenvalue weighted by Gasteiger charge is 2.40. The Hall–Kier alpha value is -5.44. The van der Waals surface area contributed by atoms with E-state index in [0.29, 0.717) is 23.5 Å². The van der Waals surface area contributed by atoms with Crippen LogP contribution in [0.3, 0.4) is 0 Å². The maximum atomic E-state index is 13.1. The number of likely N-dealkylation sites (N-methyl/N-ethyl adjacent to an activating group) is 1. The van der Waals surface area contributed by atoms with Gasteiger partial charge in [0.15, 0.2) is 0 Å². The summed E-state index contributed by atoms with van der Waals surface area (Å²) in [5.41, 5.74) is 5.24. The molecule has 0 bridgehead atoms. The minimum Gasteiger partial charge on any atom is -0.481 e. The fraction of sp³-hybridized carbons (Fsp3) is 0.222. The summed E-state index contributed by atoms with van der Waals surface area (Å²) in [5.74, 6) is -2.33. The molecule has 1 fully saturated rings. The number of nitrogens with zero attached hydrogens (tertiary/aromatic N) is 3. The van der Waals surface area contributed by atoms with Crippen molar-refractivity contribution in [3.63, 3.8) is 0 Å². The maximum Gasteiger partial charge on any atom is 0.326 e. The van der Waals surface area contributed by atoms with E-state index in [1.54, 1.807) is 77.3 Å². The molecule has 0 aromatic heterocycles. The Kier molecular flexibility index (Phi) is 9.28. The van der Waals surface area contributed by atoms with Gasteiger partial charge in [0.05, 0.1) is 12.3 Å². The van der Waals surface area contributed by atoms with Crippen molar-refractivity contribution in [3.05, 3.63) is 125 Å². The van der Waals surface area contributed by atoms with E-state index in [0.717, 1.165) is 22.4 Å². The van der Waals surface area contributed by atoms with Crippen molar-refractivity contribution in [1.29, 1.82) is 0 Å². The Morgan fingerprint density at radius 3 is 2.09 bits per heavy atom. The second kappa shape index (κ2) is 13.5. The van der Waals surface area contributed by atoms with Crippen LogP contribution in [0, 0.1) is 12.8 Å². The van der Waals surface area contributed by atoms with Gasteiger partial charge >= 0.3 is 12.0 Å². The number of amides is 4. The number of likely N-dealkylation sites (tertiary alicyclic amines) is 1. The molecule has 230 valence electrons. The quantitative estimate of drug-likeness (QED) is 0.264. The van der Waals surface area contributed by atoms with E-state index >= 15 is 0 Å². The third kappa shape index (κ3) is 7.04. The van der Waals surface area contributed by atoms with Crippen LogP contribution in [0.5, 0.6) is 0 Å². The minimum absolute atomic E-state index is 0.122. The third-order valence-electron chi connectivity index (χ3n) is 8.37. The van der Waals surface area contributed by atoms with Gasteiger partial charge in [-0.15, -0.1) is 0 Å². The van der Waals surface area contributed by atoms with Crippen molar-refractivity contribution in [2.24, 2.45) is 5.92 Å². The molecule has 1 aliphatic rings. The monoisotopic (exact) mass is 604 g/mol. The Bertz CT molecular complexity index is 1690. The first-order valence-electron chi connectivity index (χ1n) is 14.8. The summed E-state index contributed by atoms with van der Waals surface area (Å²) < 4.78 is 0. The van der Waals surface area contributed by atoms with E-state index in [4.69, 9.17) is 0 Å². The fourth-order valence-corrected chi connectivity index (χ4v) is 5.67. The third-order valence-corrected chi connectivity index (χ3v) is 8.37. The molecule has 5 rings (SSSR count). The number of urea groups is 1. The predicted molar refractivity (Wildman–Crippen MR) is 175 cm³/mol. The molecule has 1 heterocycles. The first-order chi connectivity index (χ1) is 21.6. The Balaban J connectivity index is 1.19. The molecule has 0 radical (unpaired) electrons. The lowest BCUT2D eigenvalue weighted by molar-refractivity contribution is -0.141. The molecular weight excluding hydrogens is 568 g/mol. The zero-order chi connectivity index (χ0) is 32.1. The first-order valence-corrected chi connectivity index (χ1v) is 14.8. The van der Waals surface area contributed by atoms with Crippen LogP contribution in [0.2, 0.25) is 0 Å².